The van der Waals surface area contributed by atoms with Gasteiger partial charge in [0.25, 0.3) is 0 Å². The maximum atomic E-state index is 10.2. The zero-order chi connectivity index (χ0) is 11.2. The summed E-state index contributed by atoms with van der Waals surface area (Å²) in [5.41, 5.74) is 1.80. The van der Waals surface area contributed by atoms with Crippen LogP contribution in [0.5, 0.6) is 0 Å². The molecule has 3 nitrogen and oxygen atoms in total. The maximum absolute atomic E-state index is 10.2. The summed E-state index contributed by atoms with van der Waals surface area (Å²) in [6, 6.07) is 6.12. The van der Waals surface area contributed by atoms with Crippen LogP contribution in [0.25, 0.3) is 0 Å². The second-order valence-corrected chi connectivity index (χ2v) is 5.29. The van der Waals surface area contributed by atoms with Gasteiger partial charge in [-0.15, -0.1) is 0 Å². The van der Waals surface area contributed by atoms with Gasteiger partial charge in [-0.3, -0.25) is 9.88 Å². The molecule has 0 bridgehead atoms. The molecular weight excluding hydrogens is 200 g/mol. The van der Waals surface area contributed by atoms with Crippen LogP contribution >= 0.6 is 0 Å². The predicted molar refractivity (Wildman–Crippen MR) is 61.9 cm³/mol. The van der Waals surface area contributed by atoms with Gasteiger partial charge in [-0.2, -0.15) is 0 Å². The average Bonchev–Trinajstić information content (AvgIpc) is 2.98. The summed E-state index contributed by atoms with van der Waals surface area (Å²) in [6.45, 7) is 4.54. The largest absolute Gasteiger partial charge is 0.387 e. The van der Waals surface area contributed by atoms with E-state index in [0.717, 1.165) is 31.0 Å². The number of β-amino-alcohol motifs (C(OH)–C–C–N with tert-alkyl or cyclic N) is 1. The second kappa shape index (κ2) is 3.54. The molecule has 2 aliphatic rings. The first-order valence-electron chi connectivity index (χ1n) is 6.03. The molecule has 1 aromatic heterocycles. The van der Waals surface area contributed by atoms with Gasteiger partial charge in [0.05, 0.1) is 11.3 Å². The Morgan fingerprint density at radius 1 is 1.44 bits per heavy atom. The first-order valence-corrected chi connectivity index (χ1v) is 6.03. The van der Waals surface area contributed by atoms with Gasteiger partial charge in [0.1, 0.15) is 0 Å². The minimum absolute atomic E-state index is 0.371. The van der Waals surface area contributed by atoms with E-state index < -0.39 is 0 Å². The fourth-order valence-corrected chi connectivity index (χ4v) is 2.64. The van der Waals surface area contributed by atoms with Crippen molar-refractivity contribution in [1.82, 2.24) is 9.88 Å². The number of aliphatic hydroxyl groups is 1. The summed E-state index contributed by atoms with van der Waals surface area (Å²) < 4.78 is 0. The van der Waals surface area contributed by atoms with Crippen molar-refractivity contribution in [1.29, 1.82) is 0 Å². The van der Waals surface area contributed by atoms with Crippen molar-refractivity contribution in [3.8, 4) is 0 Å². The van der Waals surface area contributed by atoms with Gasteiger partial charge in [0, 0.05) is 25.3 Å². The van der Waals surface area contributed by atoms with Crippen molar-refractivity contribution in [2.75, 3.05) is 13.1 Å². The van der Waals surface area contributed by atoms with E-state index in [1.54, 1.807) is 0 Å². The van der Waals surface area contributed by atoms with Crippen LogP contribution in [0, 0.1) is 12.8 Å². The molecular formula is C13H18N2O. The topological polar surface area (TPSA) is 36.4 Å². The predicted octanol–water partition coefficient (Wildman–Crippen LogP) is 1.35. The molecule has 1 N–H and O–H groups in total. The summed E-state index contributed by atoms with van der Waals surface area (Å²) in [6.07, 6.45) is 2.43. The van der Waals surface area contributed by atoms with Crippen molar-refractivity contribution in [3.05, 3.63) is 29.6 Å². The minimum Gasteiger partial charge on any atom is -0.387 e. The monoisotopic (exact) mass is 218 g/mol. The zero-order valence-electron chi connectivity index (χ0n) is 9.69. The highest BCUT2D eigenvalue weighted by atomic mass is 16.3. The van der Waals surface area contributed by atoms with Crippen molar-refractivity contribution >= 4 is 0 Å². The van der Waals surface area contributed by atoms with Crippen molar-refractivity contribution in [2.45, 2.75) is 31.9 Å². The van der Waals surface area contributed by atoms with E-state index >= 15 is 0 Å². The van der Waals surface area contributed by atoms with Crippen LogP contribution in [0.15, 0.2) is 18.2 Å². The molecule has 0 unspecified atom stereocenters. The van der Waals surface area contributed by atoms with Gasteiger partial charge >= 0.3 is 0 Å². The van der Waals surface area contributed by atoms with Crippen molar-refractivity contribution < 1.29 is 5.11 Å². The van der Waals surface area contributed by atoms with E-state index in [-0.39, 0.29) is 5.60 Å². The number of hydrogen-bond donors (Lipinski definition) is 1. The van der Waals surface area contributed by atoms with E-state index in [1.165, 1.54) is 12.8 Å². The van der Waals surface area contributed by atoms with Crippen LogP contribution in [0.4, 0.5) is 0 Å². The molecule has 1 aliphatic heterocycles. The van der Waals surface area contributed by atoms with Gasteiger partial charge < -0.3 is 5.11 Å². The molecule has 1 saturated heterocycles. The highest BCUT2D eigenvalue weighted by Gasteiger charge is 2.51. The fourth-order valence-electron chi connectivity index (χ4n) is 2.64. The standard InChI is InChI=1S/C13H18N2O/c1-10-3-2-4-12(14-10)7-15-8-13(16,9-15)11-5-6-11/h2-4,11,16H,5-9H2,1H3. The van der Waals surface area contributed by atoms with Gasteiger partial charge in [-0.25, -0.2) is 0 Å². The molecule has 16 heavy (non-hydrogen) atoms. The molecule has 0 radical (unpaired) electrons. The normalized spacial score (nSPS) is 24.1. The molecule has 0 aromatic carbocycles. The van der Waals surface area contributed by atoms with Crippen LogP contribution in [-0.2, 0) is 6.54 Å². The summed E-state index contributed by atoms with van der Waals surface area (Å²) in [7, 11) is 0. The summed E-state index contributed by atoms with van der Waals surface area (Å²) >= 11 is 0. The third-order valence-electron chi connectivity index (χ3n) is 3.66. The van der Waals surface area contributed by atoms with Crippen LogP contribution < -0.4 is 0 Å². The van der Waals surface area contributed by atoms with Crippen molar-refractivity contribution in [3.63, 3.8) is 0 Å². The van der Waals surface area contributed by atoms with Gasteiger partial charge in [0.2, 0.25) is 0 Å². The Balaban J connectivity index is 1.58. The number of aryl methyl sites for hydroxylation is 1. The molecule has 0 atom stereocenters. The molecule has 3 heteroatoms. The minimum atomic E-state index is -0.371. The second-order valence-electron chi connectivity index (χ2n) is 5.29. The lowest BCUT2D eigenvalue weighted by molar-refractivity contribution is -0.117. The molecule has 86 valence electrons. The Morgan fingerprint density at radius 2 is 2.19 bits per heavy atom. The Labute approximate surface area is 96.1 Å². The van der Waals surface area contributed by atoms with E-state index in [0.29, 0.717) is 5.92 Å². The Morgan fingerprint density at radius 3 is 2.81 bits per heavy atom. The van der Waals surface area contributed by atoms with Gasteiger partial charge in [-0.1, -0.05) is 6.07 Å². The molecule has 2 heterocycles. The molecule has 0 spiro atoms. The molecule has 3 rings (SSSR count). The molecule has 1 saturated carbocycles. The van der Waals surface area contributed by atoms with Gasteiger partial charge in [0.15, 0.2) is 0 Å². The lowest BCUT2D eigenvalue weighted by Gasteiger charge is -2.47. The smallest absolute Gasteiger partial charge is 0.0928 e. The lowest BCUT2D eigenvalue weighted by Crippen LogP contribution is -2.62. The Hall–Kier alpha value is -0.930. The first-order chi connectivity index (χ1) is 7.66. The fraction of sp³-hybridized carbons (Fsp3) is 0.615. The SMILES string of the molecule is Cc1cccc(CN2CC(O)(C3CC3)C2)n1. The number of hydrogen-bond acceptors (Lipinski definition) is 3. The Kier molecular flexibility index (Phi) is 2.26. The quantitative estimate of drug-likeness (QED) is 0.832. The first kappa shape index (κ1) is 10.2. The number of pyridine rings is 1. The molecule has 0 amide bonds. The third-order valence-corrected chi connectivity index (χ3v) is 3.66. The lowest BCUT2D eigenvalue weighted by atomic mass is 9.88. The number of likely N-dealkylation sites (tertiary alicyclic amines) is 1. The zero-order valence-corrected chi connectivity index (χ0v) is 9.69. The summed E-state index contributed by atoms with van der Waals surface area (Å²) in [4.78, 5) is 6.76. The van der Waals surface area contributed by atoms with Crippen LogP contribution in [0.1, 0.15) is 24.2 Å². The molecule has 1 aliphatic carbocycles. The van der Waals surface area contributed by atoms with Crippen LogP contribution in [-0.4, -0.2) is 33.7 Å². The molecule has 1 aromatic rings. The maximum Gasteiger partial charge on any atom is 0.0928 e. The van der Waals surface area contributed by atoms with Crippen LogP contribution in [0.2, 0.25) is 0 Å². The molecule has 2 fully saturated rings. The highest BCUT2D eigenvalue weighted by Crippen LogP contribution is 2.44. The summed E-state index contributed by atoms with van der Waals surface area (Å²) in [5.74, 6) is 0.578. The van der Waals surface area contributed by atoms with E-state index in [1.807, 2.05) is 19.1 Å². The number of aromatic nitrogens is 1. The highest BCUT2D eigenvalue weighted by molar-refractivity contribution is 5.12. The Bertz CT molecular complexity index is 395. The average molecular weight is 218 g/mol. The van der Waals surface area contributed by atoms with Crippen molar-refractivity contribution in [2.24, 2.45) is 5.92 Å². The van der Waals surface area contributed by atoms with Crippen LogP contribution in [0.3, 0.4) is 0 Å². The van der Waals surface area contributed by atoms with E-state index in [9.17, 15) is 5.11 Å². The number of nitrogens with zero attached hydrogens (tertiary/aromatic N) is 2. The third kappa shape index (κ3) is 1.85. The summed E-state index contributed by atoms with van der Waals surface area (Å²) in [5, 5.41) is 10.2. The number of rotatable bonds is 3. The van der Waals surface area contributed by atoms with E-state index in [2.05, 4.69) is 16.0 Å². The van der Waals surface area contributed by atoms with Gasteiger partial charge in [-0.05, 0) is 37.8 Å². The van der Waals surface area contributed by atoms with E-state index in [4.69, 9.17) is 0 Å².